The quantitative estimate of drug-likeness (QED) is 0.488. The number of carboxylic acid groups (broad SMARTS) is 2. The summed E-state index contributed by atoms with van der Waals surface area (Å²) in [6.07, 6.45) is -1.70. The SMILES string of the molecule is C[C@H]1CN(C(=O)OCc2ccccc2)[C@@]1(CC(=O)[O-])C(=O)[O-].[Na+].[Na+]. The predicted octanol–water partition coefficient (Wildman–Crippen LogP) is -7.09. The molecule has 1 aliphatic rings. The number of ether oxygens (including phenoxy) is 1. The summed E-state index contributed by atoms with van der Waals surface area (Å²) in [5, 5.41) is 22.2. The summed E-state index contributed by atoms with van der Waals surface area (Å²) >= 11 is 0. The average molecular weight is 351 g/mol. The molecule has 0 N–H and O–H groups in total. The first-order valence-corrected chi connectivity index (χ1v) is 6.77. The van der Waals surface area contributed by atoms with Gasteiger partial charge in [0.05, 0.1) is 11.5 Å². The van der Waals surface area contributed by atoms with E-state index in [1.165, 1.54) is 0 Å². The van der Waals surface area contributed by atoms with Gasteiger partial charge in [0, 0.05) is 24.9 Å². The Hall–Kier alpha value is -0.570. The summed E-state index contributed by atoms with van der Waals surface area (Å²) in [4.78, 5) is 35.1. The zero-order valence-corrected chi connectivity index (χ0v) is 18.0. The van der Waals surface area contributed by atoms with Crippen LogP contribution in [0.1, 0.15) is 18.9 Å². The van der Waals surface area contributed by atoms with Crippen LogP contribution in [-0.4, -0.2) is 35.0 Å². The monoisotopic (exact) mass is 351 g/mol. The van der Waals surface area contributed by atoms with Crippen molar-refractivity contribution in [1.82, 2.24) is 4.90 Å². The smallest absolute Gasteiger partial charge is 0.550 e. The molecule has 0 bridgehead atoms. The van der Waals surface area contributed by atoms with Crippen molar-refractivity contribution in [2.45, 2.75) is 25.5 Å². The Labute approximate surface area is 183 Å². The third kappa shape index (κ3) is 4.74. The number of benzene rings is 1. The van der Waals surface area contributed by atoms with E-state index >= 15 is 0 Å². The average Bonchev–Trinajstić information content (AvgIpc) is 2.48. The molecule has 0 spiro atoms. The second-order valence-electron chi connectivity index (χ2n) is 5.31. The molecule has 2 rings (SSSR count). The van der Waals surface area contributed by atoms with Crippen LogP contribution >= 0.6 is 0 Å². The van der Waals surface area contributed by atoms with Crippen LogP contribution in [0.2, 0.25) is 0 Å². The van der Waals surface area contributed by atoms with Crippen molar-refractivity contribution in [2.75, 3.05) is 6.54 Å². The van der Waals surface area contributed by atoms with Gasteiger partial charge in [-0.25, -0.2) is 4.79 Å². The zero-order chi connectivity index (χ0) is 16.3. The van der Waals surface area contributed by atoms with E-state index in [0.29, 0.717) is 0 Å². The molecule has 1 aliphatic heterocycles. The summed E-state index contributed by atoms with van der Waals surface area (Å²) in [6, 6.07) is 8.86. The molecule has 0 unspecified atom stereocenters. The molecule has 9 heteroatoms. The number of amides is 1. The van der Waals surface area contributed by atoms with Crippen molar-refractivity contribution >= 4 is 18.0 Å². The Morgan fingerprint density at radius 2 is 1.79 bits per heavy atom. The number of carboxylic acids is 2. The molecule has 1 heterocycles. The first-order valence-electron chi connectivity index (χ1n) is 6.77. The minimum absolute atomic E-state index is 0. The molecule has 0 saturated carbocycles. The third-order valence-corrected chi connectivity index (χ3v) is 3.95. The topological polar surface area (TPSA) is 110 Å². The summed E-state index contributed by atoms with van der Waals surface area (Å²) in [5.74, 6) is -3.73. The fraction of sp³-hybridized carbons (Fsp3) is 0.400. The maximum atomic E-state index is 12.0. The maximum absolute atomic E-state index is 12.0. The second-order valence-corrected chi connectivity index (χ2v) is 5.31. The first-order chi connectivity index (χ1) is 10.4. The van der Waals surface area contributed by atoms with Crippen molar-refractivity contribution in [2.24, 2.45) is 5.92 Å². The number of nitrogens with zero attached hydrogens (tertiary/aromatic N) is 1. The molecule has 2 atom stereocenters. The minimum Gasteiger partial charge on any atom is -0.550 e. The Balaban J connectivity index is 0.00000264. The van der Waals surface area contributed by atoms with Crippen LogP contribution in [0, 0.1) is 5.92 Å². The van der Waals surface area contributed by atoms with Crippen LogP contribution in [-0.2, 0) is 20.9 Å². The van der Waals surface area contributed by atoms with Crippen molar-refractivity contribution in [3.05, 3.63) is 35.9 Å². The van der Waals surface area contributed by atoms with Gasteiger partial charge in [0.1, 0.15) is 6.61 Å². The molecule has 0 radical (unpaired) electrons. The van der Waals surface area contributed by atoms with Crippen molar-refractivity contribution in [3.63, 3.8) is 0 Å². The van der Waals surface area contributed by atoms with E-state index in [1.54, 1.807) is 31.2 Å². The largest absolute Gasteiger partial charge is 1.00 e. The Morgan fingerprint density at radius 3 is 2.25 bits per heavy atom. The van der Waals surface area contributed by atoms with Gasteiger partial charge in [-0.05, 0) is 5.56 Å². The normalized spacial score (nSPS) is 21.5. The number of hydrogen-bond donors (Lipinski definition) is 0. The van der Waals surface area contributed by atoms with Gasteiger partial charge in [0.25, 0.3) is 0 Å². The van der Waals surface area contributed by atoms with Gasteiger partial charge in [-0.15, -0.1) is 0 Å². The molecule has 1 saturated heterocycles. The van der Waals surface area contributed by atoms with Crippen molar-refractivity contribution in [3.8, 4) is 0 Å². The minimum atomic E-state index is -1.91. The summed E-state index contributed by atoms with van der Waals surface area (Å²) in [5.41, 5.74) is -1.17. The van der Waals surface area contributed by atoms with Crippen LogP contribution in [0.3, 0.4) is 0 Å². The molecule has 1 amide bonds. The first kappa shape index (κ1) is 23.4. The molecule has 24 heavy (non-hydrogen) atoms. The molecule has 7 nitrogen and oxygen atoms in total. The van der Waals surface area contributed by atoms with E-state index in [4.69, 9.17) is 4.74 Å². The number of carbonyl (C=O) groups is 3. The standard InChI is InChI=1S/C15H17NO6.2Na/c1-10-8-16(15(10,13(19)20)7-12(17)18)14(21)22-9-11-5-3-2-4-6-11;;/h2-6,10H,7-9H2,1H3,(H,17,18)(H,19,20);;/q;2*+1/p-2/t10-,15+;;/m0../s1. The number of rotatable bonds is 5. The van der Waals surface area contributed by atoms with E-state index < -0.39 is 35.9 Å². The fourth-order valence-corrected chi connectivity index (χ4v) is 2.65. The molecule has 0 aliphatic carbocycles. The van der Waals surface area contributed by atoms with Crippen LogP contribution in [0.5, 0.6) is 0 Å². The Bertz CT molecular complexity index is 597. The van der Waals surface area contributed by atoms with Gasteiger partial charge in [-0.2, -0.15) is 0 Å². The molecule has 118 valence electrons. The molecule has 0 aromatic heterocycles. The van der Waals surface area contributed by atoms with Gasteiger partial charge in [-0.3, -0.25) is 4.90 Å². The van der Waals surface area contributed by atoms with Gasteiger partial charge in [-0.1, -0.05) is 37.3 Å². The van der Waals surface area contributed by atoms with Crippen LogP contribution < -0.4 is 69.3 Å². The molecule has 1 fully saturated rings. The van der Waals surface area contributed by atoms with Crippen LogP contribution in [0.25, 0.3) is 0 Å². The Kier molecular flexibility index (Phi) is 9.56. The van der Waals surface area contributed by atoms with Gasteiger partial charge in [0.15, 0.2) is 0 Å². The Morgan fingerprint density at radius 1 is 1.21 bits per heavy atom. The molecular formula is C15H15NNa2O6. The third-order valence-electron chi connectivity index (χ3n) is 3.95. The predicted molar refractivity (Wildman–Crippen MR) is 69.9 cm³/mol. The summed E-state index contributed by atoms with van der Waals surface area (Å²) < 4.78 is 5.05. The zero-order valence-electron chi connectivity index (χ0n) is 14.0. The van der Waals surface area contributed by atoms with Gasteiger partial charge < -0.3 is 24.5 Å². The molecule has 1 aromatic rings. The van der Waals surface area contributed by atoms with E-state index in [-0.39, 0.29) is 72.3 Å². The fourth-order valence-electron chi connectivity index (χ4n) is 2.65. The van der Waals surface area contributed by atoms with E-state index in [2.05, 4.69) is 0 Å². The van der Waals surface area contributed by atoms with Crippen molar-refractivity contribution in [1.29, 1.82) is 0 Å². The van der Waals surface area contributed by atoms with E-state index in [1.807, 2.05) is 6.07 Å². The number of hydrogen-bond acceptors (Lipinski definition) is 6. The van der Waals surface area contributed by atoms with Gasteiger partial charge in [0.2, 0.25) is 0 Å². The number of likely N-dealkylation sites (tertiary alicyclic amines) is 1. The van der Waals surface area contributed by atoms with Gasteiger partial charge >= 0.3 is 65.2 Å². The maximum Gasteiger partial charge on any atom is 1.00 e. The van der Waals surface area contributed by atoms with Crippen LogP contribution in [0.4, 0.5) is 4.79 Å². The van der Waals surface area contributed by atoms with E-state index in [0.717, 1.165) is 10.5 Å². The summed E-state index contributed by atoms with van der Waals surface area (Å²) in [7, 11) is 0. The van der Waals surface area contributed by atoms with E-state index in [9.17, 15) is 24.6 Å². The number of aliphatic carboxylic acids is 2. The van der Waals surface area contributed by atoms with Crippen molar-refractivity contribution < 1.29 is 88.4 Å². The molecular weight excluding hydrogens is 336 g/mol. The number of carbonyl (C=O) groups excluding carboxylic acids is 3. The van der Waals surface area contributed by atoms with Crippen LogP contribution in [0.15, 0.2) is 30.3 Å². The second kappa shape index (κ2) is 9.79. The summed E-state index contributed by atoms with van der Waals surface area (Å²) in [6.45, 7) is 1.60. The molecule has 1 aromatic carbocycles.